The molecule has 0 radical (unpaired) electrons. The molecular formula is C78H76O21Si. The molecule has 8 aromatic carbocycles. The van der Waals surface area contributed by atoms with Crippen molar-refractivity contribution in [2.45, 2.75) is 139 Å². The first-order valence-electron chi connectivity index (χ1n) is 32.7. The van der Waals surface area contributed by atoms with E-state index in [1.807, 2.05) is 81.4 Å². The van der Waals surface area contributed by atoms with E-state index in [0.29, 0.717) is 0 Å². The van der Waals surface area contributed by atoms with Crippen molar-refractivity contribution in [3.8, 4) is 0 Å². The standard InChI is InChI=1S/C78H76O21Si/c1-48-60(92-69(80)51-31-15-7-16-32-51)63(94-71(82)53-35-19-9-20-36-53)67(96-73(84)55-39-23-11-24-40-55)76(88-48)98-65-62(90-50(3)79)59(47-87-100(78(4,5)6,57-43-27-13-28-44-57)58-45-29-14-30-46-58)91-75(86)66(65)99-77-68(97-74(85)56-41-25-12-26-42-56)64(95-72(83)54-37-21-10-22-38-54)61(49(2)89-77)93-70(81)52-33-17-8-18-34-52/h7-46,48-49,59-68,75-77,86H,47H2,1-6H3/t48-,49-,59+,60-,61-,62+,63+,64+,65-,66+,67+,68+,75+,76-,77-/m0/s1. The van der Waals surface area contributed by atoms with E-state index in [4.69, 9.17) is 61.3 Å². The summed E-state index contributed by atoms with van der Waals surface area (Å²) in [5.41, 5.74) is 0.346. The Kier molecular flexibility index (Phi) is 23.0. The van der Waals surface area contributed by atoms with Gasteiger partial charge in [0.15, 0.2) is 61.6 Å². The van der Waals surface area contributed by atoms with E-state index < -0.39 is 154 Å². The van der Waals surface area contributed by atoms with Crippen molar-refractivity contribution in [1.29, 1.82) is 0 Å². The summed E-state index contributed by atoms with van der Waals surface area (Å²) in [6, 6.07) is 66.4. The van der Waals surface area contributed by atoms with Crippen molar-refractivity contribution in [2.75, 3.05) is 6.61 Å². The van der Waals surface area contributed by atoms with E-state index in [-0.39, 0.29) is 33.4 Å². The van der Waals surface area contributed by atoms with Gasteiger partial charge < -0.3 is 66.4 Å². The van der Waals surface area contributed by atoms with Crippen LogP contribution in [0.15, 0.2) is 243 Å². The molecule has 22 heteroatoms. The molecule has 3 heterocycles. The fourth-order valence-corrected chi connectivity index (χ4v) is 17.1. The molecule has 0 saturated carbocycles. The number of rotatable bonds is 22. The highest BCUT2D eigenvalue weighted by atomic mass is 28.4. The van der Waals surface area contributed by atoms with Crippen molar-refractivity contribution in [3.63, 3.8) is 0 Å². The van der Waals surface area contributed by atoms with E-state index in [9.17, 15) is 38.7 Å². The Bertz CT molecular complexity index is 4000. The third-order valence-electron chi connectivity index (χ3n) is 17.3. The summed E-state index contributed by atoms with van der Waals surface area (Å²) in [4.78, 5) is 101. The van der Waals surface area contributed by atoms with E-state index in [1.165, 1.54) is 86.6 Å². The second-order valence-corrected chi connectivity index (χ2v) is 29.5. The lowest BCUT2D eigenvalue weighted by Gasteiger charge is -2.50. The monoisotopic (exact) mass is 1380 g/mol. The minimum atomic E-state index is -3.55. The van der Waals surface area contributed by atoms with Crippen LogP contribution in [0.1, 0.15) is 104 Å². The predicted octanol–water partition coefficient (Wildman–Crippen LogP) is 9.83. The molecule has 100 heavy (non-hydrogen) atoms. The molecule has 3 aliphatic heterocycles. The number of benzene rings is 8. The third-order valence-corrected chi connectivity index (χ3v) is 22.3. The SMILES string of the molecule is CC(=O)O[C@H]1[C@H](O[C@@H]2O[C@@H](C)[C@H](OC(=O)c3ccccc3)[C@@H](OC(=O)c3ccccc3)[C@H]2OC(=O)c2ccccc2)[C@@H](O[C@@H]2O[C@@H](C)[C@H](OC(=O)c3ccccc3)[C@@H](OC(=O)c3ccccc3)[C@H]2OC(=O)c2ccccc2)[C@H](O)O[C@@H]1CO[Si](c1ccccc1)(c1ccccc1)C(C)(C)C. The Morgan fingerprint density at radius 1 is 0.350 bits per heavy atom. The molecule has 1 N–H and O–H groups in total. The lowest BCUT2D eigenvalue weighted by molar-refractivity contribution is -0.383. The van der Waals surface area contributed by atoms with Crippen LogP contribution in [0.4, 0.5) is 0 Å². The first-order valence-corrected chi connectivity index (χ1v) is 34.6. The number of carbonyl (C=O) groups excluding carboxylic acids is 7. The number of hydrogen-bond donors (Lipinski definition) is 1. The highest BCUT2D eigenvalue weighted by Gasteiger charge is 2.60. The fraction of sp³-hybridized carbons (Fsp3) is 0.295. The number of esters is 7. The Balaban J connectivity index is 1.06. The molecule has 11 rings (SSSR count). The molecule has 0 spiro atoms. The zero-order chi connectivity index (χ0) is 70.5. The van der Waals surface area contributed by atoms with Gasteiger partial charge in [0.05, 0.1) is 52.2 Å². The van der Waals surface area contributed by atoms with Gasteiger partial charge in [-0.3, -0.25) is 4.79 Å². The van der Waals surface area contributed by atoms with Gasteiger partial charge in [-0.25, -0.2) is 28.8 Å². The predicted molar refractivity (Wildman–Crippen MR) is 362 cm³/mol. The number of ether oxygens (including phenoxy) is 12. The van der Waals surface area contributed by atoms with Gasteiger partial charge >= 0.3 is 41.8 Å². The zero-order valence-corrected chi connectivity index (χ0v) is 56.6. The van der Waals surface area contributed by atoms with Gasteiger partial charge in [0.2, 0.25) is 0 Å². The highest BCUT2D eigenvalue weighted by molar-refractivity contribution is 6.99. The molecule has 3 fully saturated rings. The summed E-state index contributed by atoms with van der Waals surface area (Å²) in [6.45, 7) is 9.81. The van der Waals surface area contributed by atoms with Crippen LogP contribution >= 0.6 is 0 Å². The number of aliphatic hydroxyl groups excluding tert-OH is 1. The molecular weight excluding hydrogens is 1300 g/mol. The highest BCUT2D eigenvalue weighted by Crippen LogP contribution is 2.41. The smallest absolute Gasteiger partial charge is 0.338 e. The number of aliphatic hydroxyl groups is 1. The van der Waals surface area contributed by atoms with Crippen LogP contribution in [0.5, 0.6) is 0 Å². The van der Waals surface area contributed by atoms with Crippen LogP contribution in [-0.2, 0) is 66.1 Å². The average molecular weight is 1380 g/mol. The first-order chi connectivity index (χ1) is 48.3. The maximum Gasteiger partial charge on any atom is 0.338 e. The normalized spacial score (nSPS) is 25.2. The maximum atomic E-state index is 14.8. The van der Waals surface area contributed by atoms with Gasteiger partial charge in [0.1, 0.15) is 18.3 Å². The average Bonchev–Trinajstić information content (AvgIpc) is 0.750. The Hall–Kier alpha value is -10.0. The van der Waals surface area contributed by atoms with Gasteiger partial charge in [0, 0.05) is 6.92 Å². The van der Waals surface area contributed by atoms with Crippen molar-refractivity contribution in [3.05, 3.63) is 276 Å². The molecule has 3 saturated heterocycles. The molecule has 15 atom stereocenters. The lowest BCUT2D eigenvalue weighted by Crippen LogP contribution is -2.70. The molecule has 0 bridgehead atoms. The van der Waals surface area contributed by atoms with Gasteiger partial charge in [-0.2, -0.15) is 0 Å². The van der Waals surface area contributed by atoms with Gasteiger partial charge in [-0.1, -0.05) is 191 Å². The molecule has 0 aromatic heterocycles. The fourth-order valence-electron chi connectivity index (χ4n) is 12.5. The van der Waals surface area contributed by atoms with Crippen LogP contribution in [0.25, 0.3) is 0 Å². The zero-order valence-electron chi connectivity index (χ0n) is 55.6. The van der Waals surface area contributed by atoms with Gasteiger partial charge in [0.25, 0.3) is 8.32 Å². The summed E-state index contributed by atoms with van der Waals surface area (Å²) in [5.74, 6) is -6.54. The van der Waals surface area contributed by atoms with Crippen molar-refractivity contribution in [2.24, 2.45) is 0 Å². The number of carbonyl (C=O) groups is 7. The summed E-state index contributed by atoms with van der Waals surface area (Å²) in [6.07, 6.45) is -26.7. The lowest BCUT2D eigenvalue weighted by atomic mass is 9.95. The van der Waals surface area contributed by atoms with E-state index >= 15 is 0 Å². The molecule has 21 nitrogen and oxygen atoms in total. The third kappa shape index (κ3) is 16.5. The molecule has 0 amide bonds. The summed E-state index contributed by atoms with van der Waals surface area (Å²) in [5, 5.41) is 14.1. The summed E-state index contributed by atoms with van der Waals surface area (Å²) in [7, 11) is -3.55. The summed E-state index contributed by atoms with van der Waals surface area (Å²) < 4.78 is 85.9. The van der Waals surface area contributed by atoms with Gasteiger partial charge in [-0.05, 0) is 102 Å². The minimum Gasteiger partial charge on any atom is -0.457 e. The van der Waals surface area contributed by atoms with Crippen LogP contribution in [0.2, 0.25) is 5.04 Å². The van der Waals surface area contributed by atoms with Crippen LogP contribution in [0, 0.1) is 0 Å². The molecule has 0 unspecified atom stereocenters. The molecule has 0 aliphatic carbocycles. The van der Waals surface area contributed by atoms with E-state index in [2.05, 4.69) is 0 Å². The maximum absolute atomic E-state index is 14.8. The first kappa shape index (κ1) is 71.3. The largest absolute Gasteiger partial charge is 0.457 e. The quantitative estimate of drug-likeness (QED) is 0.0376. The molecule has 8 aromatic rings. The van der Waals surface area contributed by atoms with Crippen molar-refractivity contribution in [1.82, 2.24) is 0 Å². The van der Waals surface area contributed by atoms with Crippen molar-refractivity contribution >= 4 is 60.5 Å². The van der Waals surface area contributed by atoms with E-state index in [0.717, 1.165) is 17.3 Å². The van der Waals surface area contributed by atoms with Crippen molar-refractivity contribution < 1.29 is 99.9 Å². The second kappa shape index (κ2) is 32.3. The Morgan fingerprint density at radius 3 is 0.910 bits per heavy atom. The van der Waals surface area contributed by atoms with Gasteiger partial charge in [-0.15, -0.1) is 0 Å². The molecule has 518 valence electrons. The minimum absolute atomic E-state index is 0.0154. The summed E-state index contributed by atoms with van der Waals surface area (Å²) >= 11 is 0. The Morgan fingerprint density at radius 2 is 0.620 bits per heavy atom. The Labute approximate surface area is 579 Å². The second-order valence-electron chi connectivity index (χ2n) is 25.1. The van der Waals surface area contributed by atoms with Crippen LogP contribution in [-0.4, -0.2) is 154 Å². The number of hydrogen-bond acceptors (Lipinski definition) is 21. The van der Waals surface area contributed by atoms with Crippen LogP contribution < -0.4 is 10.4 Å². The topological polar surface area (TPSA) is 260 Å². The molecule has 3 aliphatic rings. The van der Waals surface area contributed by atoms with Crippen LogP contribution in [0.3, 0.4) is 0 Å². The van der Waals surface area contributed by atoms with E-state index in [1.54, 1.807) is 109 Å².